The van der Waals surface area contributed by atoms with Crippen LogP contribution in [0.2, 0.25) is 5.02 Å². The van der Waals surface area contributed by atoms with E-state index in [4.69, 9.17) is 16.3 Å². The molecule has 0 spiro atoms. The second-order valence-electron chi connectivity index (χ2n) is 7.87. The van der Waals surface area contributed by atoms with Gasteiger partial charge in [0.05, 0.1) is 23.2 Å². The molecule has 30 heavy (non-hydrogen) atoms. The molecule has 1 aliphatic rings. The van der Waals surface area contributed by atoms with Gasteiger partial charge < -0.3 is 4.74 Å². The van der Waals surface area contributed by atoms with Crippen molar-refractivity contribution in [2.45, 2.75) is 45.2 Å². The Labute approximate surface area is 188 Å². The molecule has 0 N–H and O–H groups in total. The molecule has 0 saturated carbocycles. The van der Waals surface area contributed by atoms with Gasteiger partial charge in [0.15, 0.2) is 0 Å². The molecule has 1 aromatic heterocycles. The minimum absolute atomic E-state index is 0.0681. The molecular weight excluding hydrogens is 478 g/mol. The molecule has 2 aromatic rings. The number of likely N-dealkylation sites (tertiary alicyclic amines) is 1. The van der Waals surface area contributed by atoms with Gasteiger partial charge >= 0.3 is 5.97 Å². The fraction of sp³-hybridized carbons (Fsp3) is 0.455. The van der Waals surface area contributed by atoms with Crippen molar-refractivity contribution in [2.75, 3.05) is 13.7 Å². The van der Waals surface area contributed by atoms with E-state index in [-0.39, 0.29) is 35.2 Å². The van der Waals surface area contributed by atoms with Gasteiger partial charge in [-0.25, -0.2) is 13.8 Å². The third-order valence-electron chi connectivity index (χ3n) is 6.04. The van der Waals surface area contributed by atoms with Crippen LogP contribution in [0.5, 0.6) is 0 Å². The Morgan fingerprint density at radius 3 is 2.80 bits per heavy atom. The number of carbonyl (C=O) groups is 1. The number of esters is 1. The third kappa shape index (κ3) is 4.53. The summed E-state index contributed by atoms with van der Waals surface area (Å²) in [6, 6.07) is 7.54. The van der Waals surface area contributed by atoms with E-state index >= 15 is 0 Å². The van der Waals surface area contributed by atoms with E-state index in [9.17, 15) is 13.6 Å². The monoisotopic (exact) mass is 500 g/mol. The van der Waals surface area contributed by atoms with Crippen molar-refractivity contribution < 1.29 is 18.3 Å². The quantitative estimate of drug-likeness (QED) is 0.388. The molecule has 0 aliphatic carbocycles. The van der Waals surface area contributed by atoms with Crippen molar-refractivity contribution >= 4 is 33.5 Å². The summed E-state index contributed by atoms with van der Waals surface area (Å²) in [4.78, 5) is 19.2. The van der Waals surface area contributed by atoms with Crippen LogP contribution in [-0.4, -0.2) is 35.5 Å². The van der Waals surface area contributed by atoms with E-state index in [2.05, 4.69) is 25.8 Å². The number of pyridine rings is 1. The SMILES string of the molecule is COC(=O)[C@]1(Cc2nc(Br)ccc2F)CCN(C(C)c2cccc(Cl)c2F)[C@H](C)C1. The Morgan fingerprint density at radius 1 is 1.40 bits per heavy atom. The molecule has 1 aromatic carbocycles. The molecule has 4 nitrogen and oxygen atoms in total. The first kappa shape index (κ1) is 23.1. The van der Waals surface area contributed by atoms with Crippen LogP contribution in [0.3, 0.4) is 0 Å². The van der Waals surface area contributed by atoms with Gasteiger partial charge in [-0.3, -0.25) is 9.69 Å². The lowest BCUT2D eigenvalue weighted by Crippen LogP contribution is -2.51. The summed E-state index contributed by atoms with van der Waals surface area (Å²) < 4.78 is 34.5. The maximum absolute atomic E-state index is 14.6. The molecule has 3 rings (SSSR count). The van der Waals surface area contributed by atoms with E-state index in [0.717, 1.165) is 0 Å². The number of piperidine rings is 1. The lowest BCUT2D eigenvalue weighted by atomic mass is 9.71. The molecule has 0 bridgehead atoms. The molecule has 162 valence electrons. The highest BCUT2D eigenvalue weighted by Gasteiger charge is 2.47. The minimum atomic E-state index is -0.897. The summed E-state index contributed by atoms with van der Waals surface area (Å²) in [5.41, 5.74) is -0.157. The van der Waals surface area contributed by atoms with E-state index < -0.39 is 17.0 Å². The van der Waals surface area contributed by atoms with Crippen molar-refractivity contribution in [1.82, 2.24) is 9.88 Å². The summed E-state index contributed by atoms with van der Waals surface area (Å²) in [5, 5.41) is 0.0872. The minimum Gasteiger partial charge on any atom is -0.469 e. The van der Waals surface area contributed by atoms with Crippen LogP contribution in [0.15, 0.2) is 34.9 Å². The van der Waals surface area contributed by atoms with Crippen molar-refractivity contribution in [2.24, 2.45) is 5.41 Å². The van der Waals surface area contributed by atoms with Gasteiger partial charge in [-0.2, -0.15) is 0 Å². The largest absolute Gasteiger partial charge is 0.469 e. The van der Waals surface area contributed by atoms with Crippen molar-refractivity contribution in [1.29, 1.82) is 0 Å². The standard InChI is InChI=1S/C22H24BrClF2N2O2/c1-13-11-22(21(29)30-3,12-18-17(25)7-8-19(23)27-18)9-10-28(13)14(2)15-5-4-6-16(24)20(15)26/h4-8,13-14H,9-12H2,1-3H3/t13-,14?,22-/m1/s1. The smallest absolute Gasteiger partial charge is 0.312 e. The number of methoxy groups -OCH3 is 1. The Kier molecular flexibility index (Phi) is 7.15. The molecule has 2 heterocycles. The number of halogens is 4. The number of aromatic nitrogens is 1. The van der Waals surface area contributed by atoms with Gasteiger partial charge in [0.25, 0.3) is 0 Å². The predicted molar refractivity (Wildman–Crippen MR) is 115 cm³/mol. The first-order valence-corrected chi connectivity index (χ1v) is 10.9. The van der Waals surface area contributed by atoms with E-state index in [1.54, 1.807) is 12.1 Å². The average Bonchev–Trinajstić information content (AvgIpc) is 2.71. The number of carbonyl (C=O) groups excluding carboxylic acids is 1. The highest BCUT2D eigenvalue weighted by Crippen LogP contribution is 2.42. The van der Waals surface area contributed by atoms with E-state index in [0.29, 0.717) is 29.6 Å². The maximum Gasteiger partial charge on any atom is 0.312 e. The lowest BCUT2D eigenvalue weighted by molar-refractivity contribution is -0.158. The molecular formula is C22H24BrClF2N2O2. The van der Waals surface area contributed by atoms with E-state index in [1.807, 2.05) is 13.8 Å². The zero-order valence-corrected chi connectivity index (χ0v) is 19.4. The molecule has 8 heteroatoms. The van der Waals surface area contributed by atoms with Crippen molar-refractivity contribution in [3.63, 3.8) is 0 Å². The average molecular weight is 502 g/mol. The van der Waals surface area contributed by atoms with E-state index in [1.165, 1.54) is 25.3 Å². The van der Waals surface area contributed by atoms with Gasteiger partial charge in [0.1, 0.15) is 16.2 Å². The fourth-order valence-corrected chi connectivity index (χ4v) is 5.01. The number of rotatable bonds is 5. The molecule has 1 aliphatic heterocycles. The third-order valence-corrected chi connectivity index (χ3v) is 6.77. The first-order valence-electron chi connectivity index (χ1n) is 9.77. The Morgan fingerprint density at radius 2 is 2.13 bits per heavy atom. The Bertz CT molecular complexity index is 945. The highest BCUT2D eigenvalue weighted by molar-refractivity contribution is 9.10. The summed E-state index contributed by atoms with van der Waals surface area (Å²) in [6.07, 6.45) is 1.03. The van der Waals surface area contributed by atoms with Crippen LogP contribution in [0, 0.1) is 17.0 Å². The van der Waals surface area contributed by atoms with Crippen LogP contribution in [-0.2, 0) is 16.0 Å². The van der Waals surface area contributed by atoms with Crippen molar-refractivity contribution in [3.8, 4) is 0 Å². The summed E-state index contributed by atoms with van der Waals surface area (Å²) in [5.74, 6) is -1.26. The van der Waals surface area contributed by atoms with Crippen LogP contribution < -0.4 is 0 Å². The zero-order valence-electron chi connectivity index (χ0n) is 17.1. The Hall–Kier alpha value is -1.57. The van der Waals surface area contributed by atoms with Crippen molar-refractivity contribution in [3.05, 3.63) is 62.8 Å². The second kappa shape index (κ2) is 9.28. The lowest BCUT2D eigenvalue weighted by Gasteiger charge is -2.46. The number of ether oxygens (including phenoxy) is 1. The van der Waals surface area contributed by atoms with Gasteiger partial charge in [0.2, 0.25) is 0 Å². The van der Waals surface area contributed by atoms with Crippen LogP contribution in [0.25, 0.3) is 0 Å². The Balaban J connectivity index is 1.87. The maximum atomic E-state index is 14.6. The van der Waals surface area contributed by atoms with Crippen LogP contribution >= 0.6 is 27.5 Å². The molecule has 1 saturated heterocycles. The molecule has 1 unspecified atom stereocenters. The second-order valence-corrected chi connectivity index (χ2v) is 9.09. The molecule has 3 atom stereocenters. The summed E-state index contributed by atoms with van der Waals surface area (Å²) in [7, 11) is 1.34. The molecule has 0 radical (unpaired) electrons. The number of hydrogen-bond acceptors (Lipinski definition) is 4. The molecule has 0 amide bonds. The van der Waals surface area contributed by atoms with Gasteiger partial charge in [0, 0.05) is 30.6 Å². The highest BCUT2D eigenvalue weighted by atomic mass is 79.9. The topological polar surface area (TPSA) is 42.4 Å². The zero-order chi connectivity index (χ0) is 22.1. The summed E-state index contributed by atoms with van der Waals surface area (Å²) >= 11 is 9.22. The number of nitrogens with zero attached hydrogens (tertiary/aromatic N) is 2. The predicted octanol–water partition coefficient (Wildman–Crippen LogP) is 5.72. The molecule has 1 fully saturated rings. The van der Waals surface area contributed by atoms with Gasteiger partial charge in [-0.15, -0.1) is 0 Å². The normalized spacial score (nSPS) is 23.2. The van der Waals surface area contributed by atoms with Gasteiger partial charge in [-0.05, 0) is 60.8 Å². The van der Waals surface area contributed by atoms with Crippen LogP contribution in [0.1, 0.15) is 44.0 Å². The summed E-state index contributed by atoms with van der Waals surface area (Å²) in [6.45, 7) is 4.44. The van der Waals surface area contributed by atoms with Crippen LogP contribution in [0.4, 0.5) is 8.78 Å². The first-order chi connectivity index (χ1) is 14.2. The number of benzene rings is 1. The number of hydrogen-bond donors (Lipinski definition) is 0. The fourth-order valence-electron chi connectivity index (χ4n) is 4.48. The van der Waals surface area contributed by atoms with Gasteiger partial charge in [-0.1, -0.05) is 23.7 Å².